The van der Waals surface area contributed by atoms with Crippen LogP contribution in [0.2, 0.25) is 0 Å². The van der Waals surface area contributed by atoms with Gasteiger partial charge in [-0.2, -0.15) is 5.10 Å². The van der Waals surface area contributed by atoms with Crippen molar-refractivity contribution in [3.8, 4) is 0 Å². The second-order valence-electron chi connectivity index (χ2n) is 7.12. The van der Waals surface area contributed by atoms with Gasteiger partial charge in [-0.15, -0.1) is 0 Å². The second-order valence-corrected chi connectivity index (χ2v) is 7.12. The van der Waals surface area contributed by atoms with Gasteiger partial charge < -0.3 is 10.6 Å². The highest BCUT2D eigenvalue weighted by molar-refractivity contribution is 5.89. The van der Waals surface area contributed by atoms with E-state index in [9.17, 15) is 4.79 Å². The molecule has 0 unspecified atom stereocenters. The quantitative estimate of drug-likeness (QED) is 0.879. The zero-order valence-electron chi connectivity index (χ0n) is 15.2. The first kappa shape index (κ1) is 17.5. The van der Waals surface area contributed by atoms with E-state index in [1.165, 1.54) is 5.56 Å². The van der Waals surface area contributed by atoms with Crippen LogP contribution in [-0.2, 0) is 13.6 Å². The molecular weight excluding hydrogens is 314 g/mol. The molecule has 134 valence electrons. The van der Waals surface area contributed by atoms with Gasteiger partial charge in [-0.3, -0.25) is 9.58 Å². The molecule has 0 saturated carbocycles. The highest BCUT2D eigenvalue weighted by Crippen LogP contribution is 2.18. The number of benzene rings is 1. The van der Waals surface area contributed by atoms with E-state index in [2.05, 4.69) is 32.9 Å². The summed E-state index contributed by atoms with van der Waals surface area (Å²) in [6.07, 6.45) is 5.09. The van der Waals surface area contributed by atoms with Gasteiger partial charge >= 0.3 is 6.03 Å². The lowest BCUT2D eigenvalue weighted by Gasteiger charge is -2.15. The largest absolute Gasteiger partial charge is 0.338 e. The maximum atomic E-state index is 12.1. The van der Waals surface area contributed by atoms with Crippen molar-refractivity contribution >= 4 is 11.7 Å². The van der Waals surface area contributed by atoms with Crippen LogP contribution < -0.4 is 10.6 Å². The highest BCUT2D eigenvalue weighted by atomic mass is 16.2. The summed E-state index contributed by atoms with van der Waals surface area (Å²) in [6, 6.07) is 5.93. The minimum Gasteiger partial charge on any atom is -0.338 e. The molecule has 1 aromatic carbocycles. The van der Waals surface area contributed by atoms with Crippen LogP contribution in [0.4, 0.5) is 10.5 Å². The van der Waals surface area contributed by atoms with Gasteiger partial charge in [0.1, 0.15) is 0 Å². The fraction of sp³-hybridized carbons (Fsp3) is 0.474. The molecule has 0 bridgehead atoms. The normalized spacial score (nSPS) is 17.6. The Morgan fingerprint density at radius 2 is 2.04 bits per heavy atom. The molecule has 2 aromatic rings. The van der Waals surface area contributed by atoms with Gasteiger partial charge in [-0.05, 0) is 56.0 Å². The number of urea groups is 1. The third-order valence-electron chi connectivity index (χ3n) is 4.57. The van der Waals surface area contributed by atoms with Crippen molar-refractivity contribution in [2.45, 2.75) is 26.8 Å². The molecular formula is C19H27N5O. The van der Waals surface area contributed by atoms with Gasteiger partial charge in [0.2, 0.25) is 0 Å². The number of nitrogens with one attached hydrogen (secondary N) is 2. The molecule has 1 aromatic heterocycles. The number of carbonyl (C=O) groups excluding carboxylic acids is 1. The number of aromatic nitrogens is 2. The average Bonchev–Trinajstić information content (AvgIpc) is 3.13. The third kappa shape index (κ3) is 5.06. The zero-order valence-corrected chi connectivity index (χ0v) is 15.2. The van der Waals surface area contributed by atoms with E-state index in [4.69, 9.17) is 0 Å². The van der Waals surface area contributed by atoms with Gasteiger partial charge in [-0.25, -0.2) is 4.79 Å². The Labute approximate surface area is 149 Å². The molecule has 2 N–H and O–H groups in total. The van der Waals surface area contributed by atoms with Crippen LogP contribution in [0, 0.1) is 19.8 Å². The van der Waals surface area contributed by atoms with Gasteiger partial charge in [0.05, 0.1) is 6.20 Å². The molecule has 6 heteroatoms. The topological polar surface area (TPSA) is 62.2 Å². The Morgan fingerprint density at radius 1 is 1.28 bits per heavy atom. The summed E-state index contributed by atoms with van der Waals surface area (Å²) in [7, 11) is 1.94. The fourth-order valence-corrected chi connectivity index (χ4v) is 3.49. The van der Waals surface area contributed by atoms with E-state index in [-0.39, 0.29) is 6.03 Å². The van der Waals surface area contributed by atoms with E-state index in [0.29, 0.717) is 12.5 Å². The monoisotopic (exact) mass is 341 g/mol. The molecule has 0 radical (unpaired) electrons. The van der Waals surface area contributed by atoms with Crippen molar-refractivity contribution in [2.24, 2.45) is 13.0 Å². The number of hydrogen-bond acceptors (Lipinski definition) is 3. The summed E-state index contributed by atoms with van der Waals surface area (Å²) in [5.74, 6) is 0.502. The van der Waals surface area contributed by atoms with Crippen LogP contribution in [0.3, 0.4) is 0 Å². The van der Waals surface area contributed by atoms with Gasteiger partial charge in [0.15, 0.2) is 0 Å². The van der Waals surface area contributed by atoms with Crippen molar-refractivity contribution in [1.82, 2.24) is 20.0 Å². The van der Waals surface area contributed by atoms with Crippen molar-refractivity contribution < 1.29 is 4.79 Å². The highest BCUT2D eigenvalue weighted by Gasteiger charge is 2.23. The average molecular weight is 341 g/mol. The first-order chi connectivity index (χ1) is 12.0. The molecule has 6 nitrogen and oxygen atoms in total. The summed E-state index contributed by atoms with van der Waals surface area (Å²) in [6.45, 7) is 7.79. The smallest absolute Gasteiger partial charge is 0.319 e. The first-order valence-corrected chi connectivity index (χ1v) is 8.81. The number of carbonyl (C=O) groups is 1. The predicted octanol–water partition coefficient (Wildman–Crippen LogP) is 2.68. The van der Waals surface area contributed by atoms with Gasteiger partial charge in [-0.1, -0.05) is 6.07 Å². The van der Waals surface area contributed by atoms with Crippen molar-refractivity contribution in [2.75, 3.05) is 25.0 Å². The Morgan fingerprint density at radius 3 is 2.72 bits per heavy atom. The molecule has 0 aliphatic carbocycles. The van der Waals surface area contributed by atoms with Crippen LogP contribution in [0.25, 0.3) is 0 Å². The lowest BCUT2D eigenvalue weighted by atomic mass is 10.1. The fourth-order valence-electron chi connectivity index (χ4n) is 3.49. The van der Waals surface area contributed by atoms with E-state index in [1.807, 2.05) is 43.9 Å². The first-order valence-electron chi connectivity index (χ1n) is 8.81. The van der Waals surface area contributed by atoms with Gasteiger partial charge in [0.25, 0.3) is 0 Å². The van der Waals surface area contributed by atoms with Crippen molar-refractivity contribution in [3.05, 3.63) is 47.3 Å². The van der Waals surface area contributed by atoms with Crippen LogP contribution in [0.5, 0.6) is 0 Å². The molecule has 3 rings (SSSR count). The molecule has 2 heterocycles. The number of anilines is 1. The van der Waals surface area contributed by atoms with E-state index >= 15 is 0 Å². The number of rotatable bonds is 5. The summed E-state index contributed by atoms with van der Waals surface area (Å²) < 4.78 is 1.84. The van der Waals surface area contributed by atoms with Crippen LogP contribution in [0.1, 0.15) is 23.1 Å². The minimum atomic E-state index is -0.129. The number of hydrogen-bond donors (Lipinski definition) is 2. The standard InChI is InChI=1S/C19H27N5O/c1-14-6-15(2)8-18(7-14)22-19(25)20-9-16-4-5-24(12-16)13-17-10-21-23(3)11-17/h6-8,10-11,16H,4-5,9,12-13H2,1-3H3,(H2,20,22,25)/t16-/m0/s1. The summed E-state index contributed by atoms with van der Waals surface area (Å²) >= 11 is 0. The molecule has 1 fully saturated rings. The van der Waals surface area contributed by atoms with Crippen LogP contribution in [0.15, 0.2) is 30.6 Å². The maximum absolute atomic E-state index is 12.1. The SMILES string of the molecule is Cc1cc(C)cc(NC(=O)NC[C@@H]2CCN(Cc3cnn(C)c3)C2)c1. The lowest BCUT2D eigenvalue weighted by molar-refractivity contribution is 0.249. The zero-order chi connectivity index (χ0) is 17.8. The summed E-state index contributed by atoms with van der Waals surface area (Å²) in [5.41, 5.74) is 4.39. The molecule has 1 atom stereocenters. The Kier molecular flexibility index (Phi) is 5.38. The number of amides is 2. The Balaban J connectivity index is 1.42. The summed E-state index contributed by atoms with van der Waals surface area (Å²) in [4.78, 5) is 14.5. The van der Waals surface area contributed by atoms with Crippen molar-refractivity contribution in [1.29, 1.82) is 0 Å². The maximum Gasteiger partial charge on any atom is 0.319 e. The molecule has 1 aliphatic rings. The van der Waals surface area contributed by atoms with E-state index in [0.717, 1.165) is 42.9 Å². The summed E-state index contributed by atoms with van der Waals surface area (Å²) in [5, 5.41) is 10.1. The molecule has 1 aliphatic heterocycles. The van der Waals surface area contributed by atoms with E-state index in [1.54, 1.807) is 0 Å². The molecule has 0 spiro atoms. The minimum absolute atomic E-state index is 0.129. The third-order valence-corrected chi connectivity index (χ3v) is 4.57. The Bertz CT molecular complexity index is 719. The van der Waals surface area contributed by atoms with Crippen LogP contribution >= 0.6 is 0 Å². The number of nitrogens with zero attached hydrogens (tertiary/aromatic N) is 3. The predicted molar refractivity (Wildman–Crippen MR) is 99.5 cm³/mol. The molecule has 1 saturated heterocycles. The number of aryl methyl sites for hydroxylation is 3. The van der Waals surface area contributed by atoms with Crippen LogP contribution in [-0.4, -0.2) is 40.3 Å². The van der Waals surface area contributed by atoms with Gasteiger partial charge in [0, 0.05) is 44.1 Å². The molecule has 25 heavy (non-hydrogen) atoms. The number of likely N-dealkylation sites (tertiary alicyclic amines) is 1. The molecule has 2 amide bonds. The second kappa shape index (κ2) is 7.70. The Hall–Kier alpha value is -2.34. The van der Waals surface area contributed by atoms with E-state index < -0.39 is 0 Å². The lowest BCUT2D eigenvalue weighted by Crippen LogP contribution is -2.34. The van der Waals surface area contributed by atoms with Crippen molar-refractivity contribution in [3.63, 3.8) is 0 Å².